The molecule has 3 rings (SSSR count). The molecule has 0 N–H and O–H groups in total. The Morgan fingerprint density at radius 2 is 2.00 bits per heavy atom. The predicted octanol–water partition coefficient (Wildman–Crippen LogP) is 5.89. The maximum atomic E-state index is 13.8. The molecule has 1 aliphatic heterocycles. The Labute approximate surface area is 172 Å². The Morgan fingerprint density at radius 1 is 1.25 bits per heavy atom. The van der Waals surface area contributed by atoms with Crippen LogP contribution in [0.2, 0.25) is 5.02 Å². The first-order valence-corrected chi connectivity index (χ1v) is 10.0. The average molecular weight is 420 g/mol. The second-order valence-electron chi connectivity index (χ2n) is 6.39. The molecule has 1 atom stereocenters. The molecule has 28 heavy (non-hydrogen) atoms. The summed E-state index contributed by atoms with van der Waals surface area (Å²) in [5.41, 5.74) is 0.971. The number of thioether (sulfide) groups is 1. The standard InChI is InChI=1S/C21H19ClFNO3S/c1-3-13(2)27-18-9-8-14(10-16(18)22)11-19-20(25)24(21(26)28-19)12-15-6-4-5-7-17(15)23/h4-11,13H,3,12H2,1-2H3/b19-11-/t13-/m0/s1. The number of benzene rings is 2. The number of hydrogen-bond donors (Lipinski definition) is 0. The van der Waals surface area contributed by atoms with E-state index in [9.17, 15) is 14.0 Å². The second-order valence-corrected chi connectivity index (χ2v) is 7.79. The molecule has 0 unspecified atom stereocenters. The van der Waals surface area contributed by atoms with Crippen molar-refractivity contribution in [2.24, 2.45) is 0 Å². The lowest BCUT2D eigenvalue weighted by atomic mass is 10.2. The molecule has 0 bridgehead atoms. The van der Waals surface area contributed by atoms with Crippen molar-refractivity contribution < 1.29 is 18.7 Å². The van der Waals surface area contributed by atoms with Gasteiger partial charge >= 0.3 is 0 Å². The third-order valence-electron chi connectivity index (χ3n) is 4.32. The van der Waals surface area contributed by atoms with E-state index < -0.39 is 17.0 Å². The Bertz CT molecular complexity index is 947. The lowest BCUT2D eigenvalue weighted by Gasteiger charge is -2.14. The van der Waals surface area contributed by atoms with Crippen molar-refractivity contribution in [3.63, 3.8) is 0 Å². The first kappa shape index (κ1) is 20.4. The monoisotopic (exact) mass is 419 g/mol. The molecule has 2 aromatic rings. The van der Waals surface area contributed by atoms with Crippen molar-refractivity contribution in [1.82, 2.24) is 4.90 Å². The van der Waals surface area contributed by atoms with Gasteiger partial charge in [-0.25, -0.2) is 4.39 Å². The van der Waals surface area contributed by atoms with Crippen molar-refractivity contribution in [1.29, 1.82) is 0 Å². The van der Waals surface area contributed by atoms with E-state index in [1.165, 1.54) is 6.07 Å². The zero-order valence-corrected chi connectivity index (χ0v) is 17.0. The van der Waals surface area contributed by atoms with Crippen LogP contribution in [0.1, 0.15) is 31.4 Å². The second kappa shape index (κ2) is 8.80. The highest BCUT2D eigenvalue weighted by Gasteiger charge is 2.35. The van der Waals surface area contributed by atoms with Crippen LogP contribution in [0.15, 0.2) is 47.4 Å². The highest BCUT2D eigenvalue weighted by Crippen LogP contribution is 2.35. The van der Waals surface area contributed by atoms with Gasteiger partial charge in [-0.05, 0) is 54.9 Å². The van der Waals surface area contributed by atoms with Crippen LogP contribution >= 0.6 is 23.4 Å². The summed E-state index contributed by atoms with van der Waals surface area (Å²) < 4.78 is 19.6. The van der Waals surface area contributed by atoms with Gasteiger partial charge in [0.25, 0.3) is 11.1 Å². The molecule has 0 spiro atoms. The number of carbonyl (C=O) groups excluding carboxylic acids is 2. The molecule has 1 aliphatic rings. The normalized spacial score (nSPS) is 16.7. The number of halogens is 2. The minimum absolute atomic E-state index is 0.0400. The first-order chi connectivity index (χ1) is 13.4. The van der Waals surface area contributed by atoms with Crippen molar-refractivity contribution in [3.05, 3.63) is 69.3 Å². The van der Waals surface area contributed by atoms with Gasteiger partial charge < -0.3 is 4.74 Å². The van der Waals surface area contributed by atoms with E-state index in [4.69, 9.17) is 16.3 Å². The molecule has 4 nitrogen and oxygen atoms in total. The van der Waals surface area contributed by atoms with Gasteiger partial charge in [-0.15, -0.1) is 0 Å². The largest absolute Gasteiger partial charge is 0.489 e. The number of amides is 2. The zero-order chi connectivity index (χ0) is 20.3. The van der Waals surface area contributed by atoms with Crippen molar-refractivity contribution >= 4 is 40.6 Å². The van der Waals surface area contributed by atoms with E-state index in [2.05, 4.69) is 0 Å². The average Bonchev–Trinajstić information content (AvgIpc) is 2.93. The molecule has 0 aromatic heterocycles. The smallest absolute Gasteiger partial charge is 0.293 e. The zero-order valence-electron chi connectivity index (χ0n) is 15.4. The summed E-state index contributed by atoms with van der Waals surface area (Å²) >= 11 is 7.10. The molecule has 2 aromatic carbocycles. The van der Waals surface area contributed by atoms with Gasteiger partial charge in [-0.2, -0.15) is 0 Å². The fourth-order valence-corrected chi connectivity index (χ4v) is 3.66. The summed E-state index contributed by atoms with van der Waals surface area (Å²) in [6.07, 6.45) is 2.50. The van der Waals surface area contributed by atoms with Crippen LogP contribution in [0, 0.1) is 5.82 Å². The summed E-state index contributed by atoms with van der Waals surface area (Å²) in [5, 5.41) is 0.00181. The van der Waals surface area contributed by atoms with Crippen LogP contribution in [-0.4, -0.2) is 22.2 Å². The third kappa shape index (κ3) is 4.56. The lowest BCUT2D eigenvalue weighted by Crippen LogP contribution is -2.27. The fraction of sp³-hybridized carbons (Fsp3) is 0.238. The van der Waals surface area contributed by atoms with Crippen molar-refractivity contribution in [2.45, 2.75) is 32.9 Å². The number of carbonyl (C=O) groups is 2. The summed E-state index contributed by atoms with van der Waals surface area (Å²) in [6.45, 7) is 3.87. The van der Waals surface area contributed by atoms with Gasteiger partial charge in [0.05, 0.1) is 22.6 Å². The van der Waals surface area contributed by atoms with E-state index in [1.54, 1.807) is 42.5 Å². The van der Waals surface area contributed by atoms with Crippen molar-refractivity contribution in [2.75, 3.05) is 0 Å². The summed E-state index contributed by atoms with van der Waals surface area (Å²) in [5.74, 6) is -0.329. The Morgan fingerprint density at radius 3 is 2.68 bits per heavy atom. The SMILES string of the molecule is CC[C@H](C)Oc1ccc(/C=C2\SC(=O)N(Cc3ccccc3F)C2=O)cc1Cl. The maximum Gasteiger partial charge on any atom is 0.293 e. The number of imide groups is 1. The van der Waals surface area contributed by atoms with Gasteiger partial charge in [-0.1, -0.05) is 42.8 Å². The highest BCUT2D eigenvalue weighted by molar-refractivity contribution is 8.18. The van der Waals surface area contributed by atoms with E-state index in [-0.39, 0.29) is 17.6 Å². The molecule has 1 saturated heterocycles. The molecule has 0 radical (unpaired) electrons. The van der Waals surface area contributed by atoms with Crippen LogP contribution in [-0.2, 0) is 11.3 Å². The predicted molar refractivity (Wildman–Crippen MR) is 110 cm³/mol. The Balaban J connectivity index is 1.78. The van der Waals surface area contributed by atoms with E-state index >= 15 is 0 Å². The minimum Gasteiger partial charge on any atom is -0.489 e. The quantitative estimate of drug-likeness (QED) is 0.547. The first-order valence-electron chi connectivity index (χ1n) is 8.84. The van der Waals surface area contributed by atoms with Gasteiger partial charge in [0.15, 0.2) is 0 Å². The number of ether oxygens (including phenoxy) is 1. The van der Waals surface area contributed by atoms with Crippen LogP contribution < -0.4 is 4.74 Å². The van der Waals surface area contributed by atoms with Gasteiger partial charge in [0.1, 0.15) is 11.6 Å². The van der Waals surface area contributed by atoms with Gasteiger partial charge in [0.2, 0.25) is 0 Å². The lowest BCUT2D eigenvalue weighted by molar-refractivity contribution is -0.123. The van der Waals surface area contributed by atoms with E-state index in [0.717, 1.165) is 23.1 Å². The van der Waals surface area contributed by atoms with Crippen LogP contribution in [0.25, 0.3) is 6.08 Å². The molecule has 0 aliphatic carbocycles. The van der Waals surface area contributed by atoms with Crippen LogP contribution in [0.4, 0.5) is 9.18 Å². The van der Waals surface area contributed by atoms with Gasteiger partial charge in [0, 0.05) is 5.56 Å². The molecule has 2 amide bonds. The summed E-state index contributed by atoms with van der Waals surface area (Å²) in [6, 6.07) is 11.3. The maximum absolute atomic E-state index is 13.8. The molecule has 1 heterocycles. The molecular formula is C21H19ClFNO3S. The molecule has 1 fully saturated rings. The third-order valence-corrected chi connectivity index (χ3v) is 5.52. The summed E-state index contributed by atoms with van der Waals surface area (Å²) in [7, 11) is 0. The fourth-order valence-electron chi connectivity index (χ4n) is 2.59. The van der Waals surface area contributed by atoms with Gasteiger partial charge in [-0.3, -0.25) is 14.5 Å². The van der Waals surface area contributed by atoms with E-state index in [1.807, 2.05) is 13.8 Å². The topological polar surface area (TPSA) is 46.6 Å². The van der Waals surface area contributed by atoms with Crippen molar-refractivity contribution in [3.8, 4) is 5.75 Å². The molecular weight excluding hydrogens is 401 g/mol. The number of rotatable bonds is 6. The highest BCUT2D eigenvalue weighted by atomic mass is 35.5. The molecule has 146 valence electrons. The number of hydrogen-bond acceptors (Lipinski definition) is 4. The molecule has 0 saturated carbocycles. The van der Waals surface area contributed by atoms with E-state index in [0.29, 0.717) is 21.9 Å². The number of nitrogens with zero attached hydrogens (tertiary/aromatic N) is 1. The van der Waals surface area contributed by atoms with Crippen LogP contribution in [0.5, 0.6) is 5.75 Å². The Kier molecular flexibility index (Phi) is 6.42. The molecule has 7 heteroatoms. The van der Waals surface area contributed by atoms with Crippen LogP contribution in [0.3, 0.4) is 0 Å². The minimum atomic E-state index is -0.450. The summed E-state index contributed by atoms with van der Waals surface area (Å²) in [4.78, 5) is 26.2. The Hall–Kier alpha value is -2.31.